The molecule has 5 heterocycles. The number of carbonyl (C=O) groups is 2. The molecule has 94 heavy (non-hydrogen) atoms. The van der Waals surface area contributed by atoms with Crippen LogP contribution in [-0.4, -0.2) is 149 Å². The number of piperazine rings is 2. The topological polar surface area (TPSA) is 206 Å². The second-order valence-electron chi connectivity index (χ2n) is 28.4. The number of fused-ring (bicyclic) bond motifs is 1. The number of hydrogen-bond donors (Lipinski definition) is 6. The summed E-state index contributed by atoms with van der Waals surface area (Å²) in [5.74, 6) is 0.300. The summed E-state index contributed by atoms with van der Waals surface area (Å²) in [6, 6.07) is 44.6. The van der Waals surface area contributed by atoms with E-state index in [9.17, 15) is 9.59 Å². The van der Waals surface area contributed by atoms with E-state index < -0.39 is 0 Å². The Balaban J connectivity index is 0.000000128. The minimum atomic E-state index is 0.0411. The predicted molar refractivity (Wildman–Crippen MR) is 382 cm³/mol. The smallest absolute Gasteiger partial charge is 0.234 e. The highest BCUT2D eigenvalue weighted by atomic mass is 35.5. The number of carbonyl (C=O) groups excluding carboxylic acids is 2. The quantitative estimate of drug-likeness (QED) is 0.0639. The van der Waals surface area contributed by atoms with Crippen LogP contribution in [-0.2, 0) is 44.3 Å². The molecule has 0 bridgehead atoms. The molecule has 19 heteroatoms. The van der Waals surface area contributed by atoms with Crippen LogP contribution in [0.15, 0.2) is 134 Å². The van der Waals surface area contributed by atoms with E-state index in [1.165, 1.54) is 59.1 Å². The third-order valence-electron chi connectivity index (χ3n) is 23.3. The van der Waals surface area contributed by atoms with E-state index in [0.717, 1.165) is 162 Å². The molecule has 0 unspecified atom stereocenters. The number of piperidine rings is 1. The van der Waals surface area contributed by atoms with Crippen LogP contribution in [0.3, 0.4) is 0 Å². The van der Waals surface area contributed by atoms with Crippen molar-refractivity contribution in [2.24, 2.45) is 22.9 Å². The Morgan fingerprint density at radius 3 is 1.02 bits per heavy atom. The van der Waals surface area contributed by atoms with Gasteiger partial charge in [0.15, 0.2) is 0 Å². The SMILES string of the molecule is NCC1(c2cccc(Cl)c2)CCC(N2CCC(n3cncn3)CC2)CC1.NCC1(c2cccc(Cl)c2)CCC(N2CCNC(=O)C2)CC1.NCC1(c2cccc(Cl)c2)CCC(N2CCNC(=O)C2)CC1.NCC1(c2cccc(Cl)c2)CCC(N2Cc3ccccc3C2)CC1. The van der Waals surface area contributed by atoms with Crippen molar-refractivity contribution in [1.29, 1.82) is 0 Å². The first-order chi connectivity index (χ1) is 45.7. The van der Waals surface area contributed by atoms with Crippen LogP contribution in [0.25, 0.3) is 0 Å². The van der Waals surface area contributed by atoms with Crippen molar-refractivity contribution in [1.82, 2.24) is 45.0 Å². The molecule has 0 spiro atoms. The number of aromatic nitrogens is 3. The third kappa shape index (κ3) is 16.9. The molecule has 0 radical (unpaired) electrons. The Kier molecular flexibility index (Phi) is 24.4. The van der Waals surface area contributed by atoms with Crippen molar-refractivity contribution in [3.63, 3.8) is 0 Å². The summed E-state index contributed by atoms with van der Waals surface area (Å²) in [6.45, 7) is 11.8. The number of hydrogen-bond acceptors (Lipinski definition) is 12. The fraction of sp³-hybridized carbons (Fsp3) is 0.547. The van der Waals surface area contributed by atoms with Gasteiger partial charge < -0.3 is 38.5 Å². The Hall–Kier alpha value is -4.98. The first kappa shape index (κ1) is 70.3. The summed E-state index contributed by atoms with van der Waals surface area (Å²) >= 11 is 24.8. The van der Waals surface area contributed by atoms with E-state index in [4.69, 9.17) is 69.3 Å². The van der Waals surface area contributed by atoms with Crippen LogP contribution in [0.1, 0.15) is 155 Å². The van der Waals surface area contributed by atoms with Crippen molar-refractivity contribution in [3.8, 4) is 0 Å². The third-order valence-corrected chi connectivity index (χ3v) is 24.3. The molecular weight excluding hydrogens is 1260 g/mol. The highest BCUT2D eigenvalue weighted by Gasteiger charge is 2.43. The Labute approximate surface area is 578 Å². The number of halogens is 4. The average molecular weight is 1360 g/mol. The van der Waals surface area contributed by atoms with E-state index in [0.29, 0.717) is 69.5 Å². The Bertz CT molecular complexity index is 3260. The Morgan fingerprint density at radius 2 is 0.723 bits per heavy atom. The largest absolute Gasteiger partial charge is 0.354 e. The van der Waals surface area contributed by atoms with Gasteiger partial charge in [0.2, 0.25) is 11.8 Å². The molecule has 3 saturated heterocycles. The monoisotopic (exact) mass is 1360 g/mol. The fourth-order valence-electron chi connectivity index (χ4n) is 17.3. The number of benzene rings is 5. The highest BCUT2D eigenvalue weighted by Crippen LogP contribution is 2.46. The first-order valence-corrected chi connectivity index (χ1v) is 36.4. The van der Waals surface area contributed by atoms with Gasteiger partial charge in [0.1, 0.15) is 12.7 Å². The molecule has 8 aliphatic rings. The molecule has 10 N–H and O–H groups in total. The number of likely N-dealkylation sites (tertiary alicyclic amines) is 1. The summed E-state index contributed by atoms with van der Waals surface area (Å²) in [5, 5.41) is 13.3. The molecule has 5 aromatic carbocycles. The minimum Gasteiger partial charge on any atom is -0.354 e. The molecular formula is C75H101Cl4N13O2. The van der Waals surface area contributed by atoms with Crippen molar-refractivity contribution < 1.29 is 9.59 Å². The standard InChI is InChI=1S/C21H25ClN2.C20H28ClN5.2C17H24ClN3O/c22-19-7-3-6-18(12-19)21(15-23)10-8-20(9-11-21)24-13-16-4-1-2-5-17(16)14-24;21-17-3-1-2-16(12-17)20(13-22)8-4-18(5-9-20)25-10-6-19(7-11-25)26-15-23-14-24-26;2*18-14-3-1-2-13(10-14)17(12-19)6-4-15(5-7-17)21-9-8-20-16(22)11-21/h1-7,12,20H,8-11,13-15,23H2;1-3,12,14-15,18-19H,4-11,13,22H2;2*1-3,10,15H,4-9,11-12,19H2,(H,20,22). The van der Waals surface area contributed by atoms with Gasteiger partial charge in [-0.2, -0.15) is 5.10 Å². The molecule has 4 aliphatic heterocycles. The van der Waals surface area contributed by atoms with Gasteiger partial charge in [-0.25, -0.2) is 9.67 Å². The maximum absolute atomic E-state index is 11.6. The molecule has 4 saturated carbocycles. The van der Waals surface area contributed by atoms with Crippen molar-refractivity contribution in [2.45, 2.75) is 181 Å². The summed E-state index contributed by atoms with van der Waals surface area (Å²) in [4.78, 5) is 37.2. The van der Waals surface area contributed by atoms with Crippen molar-refractivity contribution in [2.75, 3.05) is 78.5 Å². The molecule has 0 atom stereocenters. The van der Waals surface area contributed by atoms with Crippen LogP contribution in [0, 0.1) is 0 Å². The minimum absolute atomic E-state index is 0.0411. The van der Waals surface area contributed by atoms with Gasteiger partial charge in [0, 0.05) is 144 Å². The van der Waals surface area contributed by atoms with E-state index in [1.807, 2.05) is 47.4 Å². The maximum Gasteiger partial charge on any atom is 0.234 e. The van der Waals surface area contributed by atoms with Crippen molar-refractivity contribution in [3.05, 3.63) is 187 Å². The zero-order chi connectivity index (χ0) is 65.7. The molecule has 14 rings (SSSR count). The normalized spacial score (nSPS) is 28.9. The summed E-state index contributed by atoms with van der Waals surface area (Å²) in [5.41, 5.74) is 33.2. The molecule has 7 fully saturated rings. The lowest BCUT2D eigenvalue weighted by Gasteiger charge is -2.45. The average Bonchev–Trinajstić information content (AvgIpc) is 1.11. The lowest BCUT2D eigenvalue weighted by atomic mass is 9.68. The predicted octanol–water partition coefficient (Wildman–Crippen LogP) is 11.7. The molecule has 506 valence electrons. The van der Waals surface area contributed by atoms with E-state index >= 15 is 0 Å². The van der Waals surface area contributed by atoms with Gasteiger partial charge in [0.25, 0.3) is 0 Å². The summed E-state index contributed by atoms with van der Waals surface area (Å²) in [6.07, 6.45) is 23.9. The van der Waals surface area contributed by atoms with Crippen molar-refractivity contribution >= 4 is 58.2 Å². The molecule has 2 amide bonds. The summed E-state index contributed by atoms with van der Waals surface area (Å²) < 4.78 is 2.02. The lowest BCUT2D eigenvalue weighted by molar-refractivity contribution is -0.126. The van der Waals surface area contributed by atoms with E-state index in [2.05, 4.69) is 125 Å². The van der Waals surface area contributed by atoms with Gasteiger partial charge in [-0.05, 0) is 197 Å². The van der Waals surface area contributed by atoms with Crippen LogP contribution in [0.4, 0.5) is 0 Å². The second kappa shape index (κ2) is 32.6. The van der Waals surface area contributed by atoms with Gasteiger partial charge in [-0.3, -0.25) is 24.3 Å². The number of nitrogens with one attached hydrogen (secondary N) is 2. The van der Waals surface area contributed by atoms with Gasteiger partial charge in [-0.1, -0.05) is 119 Å². The maximum atomic E-state index is 11.6. The van der Waals surface area contributed by atoms with Gasteiger partial charge in [-0.15, -0.1) is 0 Å². The van der Waals surface area contributed by atoms with E-state index in [1.54, 1.807) is 6.33 Å². The number of rotatable bonds is 13. The molecule has 15 nitrogen and oxygen atoms in total. The number of amides is 2. The highest BCUT2D eigenvalue weighted by molar-refractivity contribution is 6.31. The van der Waals surface area contributed by atoms with Gasteiger partial charge >= 0.3 is 0 Å². The fourth-order valence-corrected chi connectivity index (χ4v) is 18.0. The van der Waals surface area contributed by atoms with Gasteiger partial charge in [0.05, 0.1) is 19.1 Å². The lowest BCUT2D eigenvalue weighted by Crippen LogP contribution is -2.53. The molecule has 4 aliphatic carbocycles. The molecule has 1 aromatic heterocycles. The second-order valence-corrected chi connectivity index (χ2v) is 30.1. The zero-order valence-corrected chi connectivity index (χ0v) is 58.0. The number of nitrogens with zero attached hydrogens (tertiary/aromatic N) is 7. The van der Waals surface area contributed by atoms with Crippen LogP contribution >= 0.6 is 46.4 Å². The molecule has 6 aromatic rings. The summed E-state index contributed by atoms with van der Waals surface area (Å²) in [7, 11) is 0. The van der Waals surface area contributed by atoms with Crippen LogP contribution < -0.4 is 33.6 Å². The zero-order valence-electron chi connectivity index (χ0n) is 55.0. The first-order valence-electron chi connectivity index (χ1n) is 34.9. The van der Waals surface area contributed by atoms with Crippen LogP contribution in [0.2, 0.25) is 20.1 Å². The number of nitrogens with two attached hydrogens (primary N) is 4. The Morgan fingerprint density at radius 1 is 0.394 bits per heavy atom. The van der Waals surface area contributed by atoms with Crippen LogP contribution in [0.5, 0.6) is 0 Å². The van der Waals surface area contributed by atoms with E-state index in [-0.39, 0.29) is 33.5 Å².